The van der Waals surface area contributed by atoms with E-state index in [1.807, 2.05) is 0 Å². The second kappa shape index (κ2) is 9.05. The topological polar surface area (TPSA) is 91.9 Å². The largest absolute Gasteiger partial charge is 2.00 e. The van der Waals surface area contributed by atoms with Gasteiger partial charge in [-0.1, -0.05) is 0 Å². The molecular weight excluding hydrogens is 118 g/mol. The molecule has 0 unspecified atom stereocenters. The Hall–Kier alpha value is 0.420. The van der Waals surface area contributed by atoms with Crippen LogP contribution in [0.4, 0.5) is 0 Å². The minimum atomic E-state index is -1.50. The summed E-state index contributed by atoms with van der Waals surface area (Å²) in [6.45, 7) is 0. The molecule has 0 radical (unpaired) electrons. The Morgan fingerprint density at radius 2 is 1.67 bits per heavy atom. The van der Waals surface area contributed by atoms with Crippen molar-refractivity contribution in [2.24, 2.45) is 0 Å². The Morgan fingerprint density at radius 3 is 1.67 bits per heavy atom. The Labute approximate surface area is 63.4 Å². The molecule has 0 saturated carbocycles. The molecule has 0 saturated heterocycles. The van der Waals surface area contributed by atoms with Crippen LogP contribution in [0.15, 0.2) is 0 Å². The van der Waals surface area contributed by atoms with E-state index in [9.17, 15) is 0 Å². The molecule has 0 aromatic carbocycles. The standard InChI is InChI=1S/Ca.HNO3.O/c;2-1(3)4;/h;(H,2,3,4);/q+2;;-2. The zero-order valence-corrected chi connectivity index (χ0v) is 5.03. The number of hydrogen-bond acceptors (Lipinski definition) is 2. The molecule has 0 fully saturated rings. The second-order valence-electron chi connectivity index (χ2n) is 0.238. The van der Waals surface area contributed by atoms with Crippen molar-refractivity contribution in [1.29, 1.82) is 0 Å². The fourth-order valence-corrected chi connectivity index (χ4v) is 0. The Bertz CT molecular complexity index is 30.5. The van der Waals surface area contributed by atoms with Crippen LogP contribution >= 0.6 is 0 Å². The summed E-state index contributed by atoms with van der Waals surface area (Å²) in [6, 6.07) is 0. The van der Waals surface area contributed by atoms with Gasteiger partial charge in [0, 0.05) is 0 Å². The van der Waals surface area contributed by atoms with Gasteiger partial charge >= 0.3 is 37.7 Å². The van der Waals surface area contributed by atoms with Crippen LogP contribution in [-0.2, 0) is 5.48 Å². The first-order valence-electron chi connectivity index (χ1n) is 0.565. The zero-order valence-electron chi connectivity index (χ0n) is 2.83. The van der Waals surface area contributed by atoms with Gasteiger partial charge in [0.25, 0.3) is 5.09 Å². The van der Waals surface area contributed by atoms with Crippen molar-refractivity contribution >= 4 is 37.7 Å². The van der Waals surface area contributed by atoms with Gasteiger partial charge in [0.1, 0.15) is 0 Å². The third-order valence-electron chi connectivity index (χ3n) is 0. The van der Waals surface area contributed by atoms with Gasteiger partial charge in [-0.05, 0) is 0 Å². The van der Waals surface area contributed by atoms with E-state index >= 15 is 0 Å². The zero-order chi connectivity index (χ0) is 3.58. The van der Waals surface area contributed by atoms with Crippen molar-refractivity contribution in [3.63, 3.8) is 0 Å². The molecule has 0 spiro atoms. The fraction of sp³-hybridized carbons (Fsp3) is 0. The molecule has 1 N–H and O–H groups in total. The summed E-state index contributed by atoms with van der Waals surface area (Å²) in [5.74, 6) is 0. The quantitative estimate of drug-likeness (QED) is 0.256. The Balaban J connectivity index is -0.0000000450. The summed E-state index contributed by atoms with van der Waals surface area (Å²) in [4.78, 5) is 8.36. The van der Waals surface area contributed by atoms with Crippen LogP contribution in [0.5, 0.6) is 0 Å². The fourth-order valence-electron chi connectivity index (χ4n) is 0. The van der Waals surface area contributed by atoms with Crippen LogP contribution in [-0.4, -0.2) is 48.0 Å². The average Bonchev–Trinajstić information content (AvgIpc) is 0.811. The molecule has 0 bridgehead atoms. The van der Waals surface area contributed by atoms with Crippen molar-refractivity contribution in [2.75, 3.05) is 0 Å². The molecule has 0 aliphatic rings. The molecule has 0 aliphatic heterocycles. The summed E-state index contributed by atoms with van der Waals surface area (Å²) in [5, 5.41) is 13.6. The Morgan fingerprint density at radius 1 is 1.67 bits per heavy atom. The first kappa shape index (κ1) is 16.1. The Kier molecular flexibility index (Phi) is 24.3. The van der Waals surface area contributed by atoms with E-state index in [0.717, 1.165) is 0 Å². The first-order valence-corrected chi connectivity index (χ1v) is 0.565. The summed E-state index contributed by atoms with van der Waals surface area (Å²) in [6.07, 6.45) is 0. The van der Waals surface area contributed by atoms with Crippen molar-refractivity contribution < 1.29 is 15.8 Å². The summed E-state index contributed by atoms with van der Waals surface area (Å²) in [7, 11) is 0. The molecule has 0 amide bonds. The maximum absolute atomic E-state index is 8.36. The third kappa shape index (κ3) is 293. The molecule has 0 aliphatic carbocycles. The molecule has 0 aromatic heterocycles. The van der Waals surface area contributed by atoms with Gasteiger partial charge in [-0.15, -0.1) is 10.1 Å². The van der Waals surface area contributed by atoms with E-state index in [1.54, 1.807) is 0 Å². The molecule has 5 nitrogen and oxygen atoms in total. The molecule has 0 rings (SSSR count). The van der Waals surface area contributed by atoms with E-state index in [-0.39, 0.29) is 43.2 Å². The van der Waals surface area contributed by atoms with Crippen molar-refractivity contribution in [3.8, 4) is 0 Å². The molecule has 0 aromatic rings. The van der Waals surface area contributed by atoms with Crippen LogP contribution in [0.25, 0.3) is 0 Å². The average molecular weight is 119 g/mol. The van der Waals surface area contributed by atoms with Crippen molar-refractivity contribution in [2.45, 2.75) is 0 Å². The van der Waals surface area contributed by atoms with Gasteiger partial charge in [-0.3, -0.25) is 0 Å². The van der Waals surface area contributed by atoms with E-state index in [4.69, 9.17) is 15.3 Å². The minimum absolute atomic E-state index is 0. The minimum Gasteiger partial charge on any atom is -2.00 e. The SMILES string of the molecule is O=[N+]([O-])O.[Ca+2].[O-2]. The molecule has 6 heteroatoms. The van der Waals surface area contributed by atoms with E-state index in [2.05, 4.69) is 0 Å². The maximum atomic E-state index is 8.36. The summed E-state index contributed by atoms with van der Waals surface area (Å²) in [5.41, 5.74) is 0. The first-order chi connectivity index (χ1) is 1.73. The van der Waals surface area contributed by atoms with Gasteiger partial charge in [-0.2, -0.15) is 0 Å². The molecule has 32 valence electrons. The summed E-state index contributed by atoms with van der Waals surface area (Å²) < 4.78 is 0. The smallest absolute Gasteiger partial charge is 2.00 e. The van der Waals surface area contributed by atoms with Gasteiger partial charge < -0.3 is 10.7 Å². The normalized spacial score (nSPS) is 4.00. The van der Waals surface area contributed by atoms with Gasteiger partial charge in [-0.25, -0.2) is 0 Å². The van der Waals surface area contributed by atoms with E-state index < -0.39 is 5.09 Å². The predicted molar refractivity (Wildman–Crippen MR) is 15.2 cm³/mol. The molecular formula is HCaNO4. The van der Waals surface area contributed by atoms with E-state index in [0.29, 0.717) is 0 Å². The molecule has 6 heavy (non-hydrogen) atoms. The predicted octanol–water partition coefficient (Wildman–Crippen LogP) is -0.847. The number of nitrogens with zero attached hydrogens (tertiary/aromatic N) is 1. The summed E-state index contributed by atoms with van der Waals surface area (Å²) >= 11 is 0. The van der Waals surface area contributed by atoms with Crippen LogP contribution in [0, 0.1) is 10.1 Å². The van der Waals surface area contributed by atoms with Crippen LogP contribution < -0.4 is 0 Å². The van der Waals surface area contributed by atoms with Gasteiger partial charge in [0.2, 0.25) is 0 Å². The third-order valence-corrected chi connectivity index (χ3v) is 0. The van der Waals surface area contributed by atoms with Gasteiger partial charge in [0.05, 0.1) is 0 Å². The van der Waals surface area contributed by atoms with Crippen molar-refractivity contribution in [3.05, 3.63) is 10.1 Å². The number of hydrogen-bond donors (Lipinski definition) is 1. The maximum Gasteiger partial charge on any atom is 2.00 e. The van der Waals surface area contributed by atoms with Crippen LogP contribution in [0.3, 0.4) is 0 Å². The van der Waals surface area contributed by atoms with Gasteiger partial charge in [0.15, 0.2) is 0 Å². The van der Waals surface area contributed by atoms with Crippen LogP contribution in [0.2, 0.25) is 0 Å². The monoisotopic (exact) mass is 119 g/mol. The van der Waals surface area contributed by atoms with Crippen LogP contribution in [0.1, 0.15) is 0 Å². The van der Waals surface area contributed by atoms with Crippen molar-refractivity contribution in [1.82, 2.24) is 0 Å². The molecule has 0 heterocycles. The van der Waals surface area contributed by atoms with E-state index in [1.165, 1.54) is 0 Å². The second-order valence-corrected chi connectivity index (χ2v) is 0.238. The molecule has 0 atom stereocenters. The number of rotatable bonds is 0.